The van der Waals surface area contributed by atoms with E-state index in [9.17, 15) is 9.90 Å². The third-order valence-corrected chi connectivity index (χ3v) is 4.06. The Morgan fingerprint density at radius 1 is 1.18 bits per heavy atom. The highest BCUT2D eigenvalue weighted by atomic mass is 32.1. The molecule has 1 unspecified atom stereocenters. The molecule has 1 atom stereocenters. The van der Waals surface area contributed by atoms with Gasteiger partial charge in [-0.25, -0.2) is 0 Å². The van der Waals surface area contributed by atoms with Crippen LogP contribution in [0, 0.1) is 0 Å². The fraction of sp³-hybridized carbons (Fsp3) is 0.188. The summed E-state index contributed by atoms with van der Waals surface area (Å²) in [5, 5.41) is 13.2. The standard InChI is InChI=1S/C16H15N3O2S/c1-16(21,12-5-3-2-4-6-12)10-17-15(20)11-7-8-13-14(9-11)19-22-18-13/h2-9,21H,10H2,1H3,(H,17,20). The minimum absolute atomic E-state index is 0.128. The molecule has 5 nitrogen and oxygen atoms in total. The molecule has 0 aliphatic carbocycles. The molecule has 22 heavy (non-hydrogen) atoms. The van der Waals surface area contributed by atoms with Crippen molar-refractivity contribution in [2.45, 2.75) is 12.5 Å². The number of carbonyl (C=O) groups excluding carboxylic acids is 1. The fourth-order valence-corrected chi connectivity index (χ4v) is 2.69. The van der Waals surface area contributed by atoms with Gasteiger partial charge in [0.1, 0.15) is 16.6 Å². The highest BCUT2D eigenvalue weighted by Gasteiger charge is 2.23. The molecule has 112 valence electrons. The van der Waals surface area contributed by atoms with Crippen molar-refractivity contribution in [3.63, 3.8) is 0 Å². The molecule has 1 heterocycles. The van der Waals surface area contributed by atoms with E-state index in [2.05, 4.69) is 14.1 Å². The first-order valence-electron chi connectivity index (χ1n) is 6.85. The molecule has 0 saturated carbocycles. The van der Waals surface area contributed by atoms with Gasteiger partial charge in [0.2, 0.25) is 0 Å². The monoisotopic (exact) mass is 313 g/mol. The Bertz CT molecular complexity index is 799. The Hall–Kier alpha value is -2.31. The van der Waals surface area contributed by atoms with Gasteiger partial charge in [-0.05, 0) is 30.7 Å². The molecule has 3 aromatic rings. The van der Waals surface area contributed by atoms with Crippen LogP contribution in [-0.2, 0) is 5.60 Å². The number of benzene rings is 2. The fourth-order valence-electron chi connectivity index (χ4n) is 2.18. The van der Waals surface area contributed by atoms with Gasteiger partial charge < -0.3 is 10.4 Å². The maximum Gasteiger partial charge on any atom is 0.251 e. The summed E-state index contributed by atoms with van der Waals surface area (Å²) in [6.45, 7) is 1.80. The Morgan fingerprint density at radius 2 is 1.91 bits per heavy atom. The number of aromatic nitrogens is 2. The van der Waals surface area contributed by atoms with Crippen LogP contribution < -0.4 is 5.32 Å². The average molecular weight is 313 g/mol. The molecule has 2 aromatic carbocycles. The number of hydrogen-bond donors (Lipinski definition) is 2. The molecule has 0 aliphatic rings. The predicted molar refractivity (Wildman–Crippen MR) is 85.8 cm³/mol. The van der Waals surface area contributed by atoms with E-state index >= 15 is 0 Å². The summed E-state index contributed by atoms with van der Waals surface area (Å²) in [6.07, 6.45) is 0. The maximum absolute atomic E-state index is 12.2. The molecule has 6 heteroatoms. The zero-order valence-electron chi connectivity index (χ0n) is 12.0. The second-order valence-corrected chi connectivity index (χ2v) is 5.82. The molecular weight excluding hydrogens is 298 g/mol. The van der Waals surface area contributed by atoms with E-state index in [0.717, 1.165) is 22.8 Å². The summed E-state index contributed by atoms with van der Waals surface area (Å²) < 4.78 is 8.22. The van der Waals surface area contributed by atoms with Gasteiger partial charge in [-0.1, -0.05) is 30.3 Å². The molecule has 0 bridgehead atoms. The number of rotatable bonds is 4. The molecule has 3 rings (SSSR count). The summed E-state index contributed by atoms with van der Waals surface area (Å²) in [5.41, 5.74) is 1.62. The normalized spacial score (nSPS) is 13.7. The molecule has 0 aliphatic heterocycles. The summed E-state index contributed by atoms with van der Waals surface area (Å²) in [4.78, 5) is 12.2. The number of nitrogens with one attached hydrogen (secondary N) is 1. The predicted octanol–water partition coefficient (Wildman–Crippen LogP) is 2.33. The van der Waals surface area contributed by atoms with Crippen molar-refractivity contribution in [3.05, 3.63) is 59.7 Å². The summed E-state index contributed by atoms with van der Waals surface area (Å²) in [6, 6.07) is 14.4. The summed E-state index contributed by atoms with van der Waals surface area (Å²) in [5.74, 6) is -0.244. The molecule has 2 N–H and O–H groups in total. The van der Waals surface area contributed by atoms with Crippen molar-refractivity contribution < 1.29 is 9.90 Å². The second-order valence-electron chi connectivity index (χ2n) is 5.29. The molecule has 0 fully saturated rings. The van der Waals surface area contributed by atoms with Gasteiger partial charge in [0.15, 0.2) is 0 Å². The minimum atomic E-state index is -1.12. The van der Waals surface area contributed by atoms with Gasteiger partial charge in [-0.15, -0.1) is 0 Å². The van der Waals surface area contributed by atoms with Crippen LogP contribution in [0.2, 0.25) is 0 Å². The van der Waals surface area contributed by atoms with E-state index in [1.165, 1.54) is 0 Å². The van der Waals surface area contributed by atoms with Crippen molar-refractivity contribution in [1.82, 2.24) is 14.1 Å². The third kappa shape index (κ3) is 2.98. The number of nitrogens with zero attached hydrogens (tertiary/aromatic N) is 2. The highest BCUT2D eigenvalue weighted by molar-refractivity contribution is 7.00. The van der Waals surface area contributed by atoms with Crippen LogP contribution in [-0.4, -0.2) is 26.3 Å². The lowest BCUT2D eigenvalue weighted by Crippen LogP contribution is -2.38. The van der Waals surface area contributed by atoms with Gasteiger partial charge in [-0.2, -0.15) is 8.75 Å². The van der Waals surface area contributed by atoms with Gasteiger partial charge in [0, 0.05) is 5.56 Å². The van der Waals surface area contributed by atoms with Crippen LogP contribution in [0.15, 0.2) is 48.5 Å². The Morgan fingerprint density at radius 3 is 2.68 bits per heavy atom. The Balaban J connectivity index is 1.71. The average Bonchev–Trinajstić information content (AvgIpc) is 3.01. The van der Waals surface area contributed by atoms with Gasteiger partial charge >= 0.3 is 0 Å². The van der Waals surface area contributed by atoms with Crippen molar-refractivity contribution >= 4 is 28.7 Å². The van der Waals surface area contributed by atoms with E-state index in [4.69, 9.17) is 0 Å². The molecule has 0 saturated heterocycles. The largest absolute Gasteiger partial charge is 0.384 e. The topological polar surface area (TPSA) is 75.1 Å². The molecule has 0 radical (unpaired) electrons. The number of aliphatic hydroxyl groups is 1. The lowest BCUT2D eigenvalue weighted by atomic mass is 9.96. The number of fused-ring (bicyclic) bond motifs is 1. The van der Waals surface area contributed by atoms with Gasteiger partial charge in [0.25, 0.3) is 5.91 Å². The highest BCUT2D eigenvalue weighted by Crippen LogP contribution is 2.19. The maximum atomic E-state index is 12.2. The number of carbonyl (C=O) groups is 1. The first kappa shape index (κ1) is 14.6. The molecular formula is C16H15N3O2S. The first-order chi connectivity index (χ1) is 10.6. The van der Waals surface area contributed by atoms with Crippen LogP contribution in [0.1, 0.15) is 22.8 Å². The van der Waals surface area contributed by atoms with Crippen LogP contribution in [0.3, 0.4) is 0 Å². The second kappa shape index (κ2) is 5.82. The van der Waals surface area contributed by atoms with Crippen molar-refractivity contribution in [2.75, 3.05) is 6.54 Å². The first-order valence-corrected chi connectivity index (χ1v) is 7.58. The van der Waals surface area contributed by atoms with Crippen LogP contribution >= 0.6 is 11.7 Å². The van der Waals surface area contributed by atoms with E-state index in [1.54, 1.807) is 25.1 Å². The smallest absolute Gasteiger partial charge is 0.251 e. The van der Waals surface area contributed by atoms with Gasteiger partial charge in [0.05, 0.1) is 18.3 Å². The van der Waals surface area contributed by atoms with E-state index in [1.807, 2.05) is 30.3 Å². The van der Waals surface area contributed by atoms with E-state index in [-0.39, 0.29) is 12.5 Å². The van der Waals surface area contributed by atoms with Crippen LogP contribution in [0.25, 0.3) is 11.0 Å². The number of amides is 1. The summed E-state index contributed by atoms with van der Waals surface area (Å²) >= 11 is 1.12. The van der Waals surface area contributed by atoms with Crippen molar-refractivity contribution in [3.8, 4) is 0 Å². The SMILES string of the molecule is CC(O)(CNC(=O)c1ccc2nsnc2c1)c1ccccc1. The molecule has 1 amide bonds. The van der Waals surface area contributed by atoms with E-state index in [0.29, 0.717) is 11.1 Å². The van der Waals surface area contributed by atoms with Crippen molar-refractivity contribution in [2.24, 2.45) is 0 Å². The zero-order valence-corrected chi connectivity index (χ0v) is 12.8. The third-order valence-electron chi connectivity index (χ3n) is 3.50. The molecule has 1 aromatic heterocycles. The van der Waals surface area contributed by atoms with Crippen LogP contribution in [0.5, 0.6) is 0 Å². The van der Waals surface area contributed by atoms with Gasteiger partial charge in [-0.3, -0.25) is 4.79 Å². The van der Waals surface area contributed by atoms with Crippen molar-refractivity contribution in [1.29, 1.82) is 0 Å². The summed E-state index contributed by atoms with van der Waals surface area (Å²) in [7, 11) is 0. The Labute approximate surface area is 131 Å². The minimum Gasteiger partial charge on any atom is -0.384 e. The zero-order chi connectivity index (χ0) is 15.6. The number of hydrogen-bond acceptors (Lipinski definition) is 5. The van der Waals surface area contributed by atoms with E-state index < -0.39 is 5.60 Å². The van der Waals surface area contributed by atoms with Crippen LogP contribution in [0.4, 0.5) is 0 Å². The Kier molecular flexibility index (Phi) is 3.87. The molecule has 0 spiro atoms. The lowest BCUT2D eigenvalue weighted by Gasteiger charge is -2.24. The quantitative estimate of drug-likeness (QED) is 0.775. The lowest BCUT2D eigenvalue weighted by molar-refractivity contribution is 0.0526.